The first-order valence-electron chi connectivity index (χ1n) is 7.15. The number of aromatic amines is 1. The molecule has 0 aromatic carbocycles. The van der Waals surface area contributed by atoms with E-state index >= 15 is 0 Å². The van der Waals surface area contributed by atoms with Crippen LogP contribution in [0.25, 0.3) is 0 Å². The molecule has 1 aromatic rings. The molecule has 9 heteroatoms. The first kappa shape index (κ1) is 17.2. The monoisotopic (exact) mass is 331 g/mol. The Morgan fingerprint density at radius 1 is 1.39 bits per heavy atom. The van der Waals surface area contributed by atoms with Crippen LogP contribution in [0.5, 0.6) is 0 Å². The molecule has 0 aliphatic carbocycles. The smallest absolute Gasteiger partial charge is 0.410 e. The summed E-state index contributed by atoms with van der Waals surface area (Å²) < 4.78 is 38.7. The van der Waals surface area contributed by atoms with Gasteiger partial charge in [0.25, 0.3) is 5.92 Å². The molecule has 1 N–H and O–H groups in total. The number of rotatable bonds is 2. The van der Waals surface area contributed by atoms with E-state index in [-0.39, 0.29) is 18.8 Å². The van der Waals surface area contributed by atoms with Crippen molar-refractivity contribution in [2.75, 3.05) is 13.2 Å². The van der Waals surface area contributed by atoms with E-state index in [2.05, 4.69) is 10.2 Å². The number of esters is 1. The zero-order valence-corrected chi connectivity index (χ0v) is 13.4. The number of carbonyl (C=O) groups is 2. The van der Waals surface area contributed by atoms with Gasteiger partial charge in [0.1, 0.15) is 5.60 Å². The average Bonchev–Trinajstić information content (AvgIpc) is 2.81. The fraction of sp³-hybridized carbons (Fsp3) is 0.643. The Labute approximate surface area is 131 Å². The van der Waals surface area contributed by atoms with E-state index < -0.39 is 41.4 Å². The van der Waals surface area contributed by atoms with Crippen molar-refractivity contribution in [3.05, 3.63) is 17.0 Å². The lowest BCUT2D eigenvalue weighted by Gasteiger charge is -2.33. The van der Waals surface area contributed by atoms with Gasteiger partial charge in [0.05, 0.1) is 31.0 Å². The Kier molecular flexibility index (Phi) is 4.32. The molecule has 128 valence electrons. The Morgan fingerprint density at radius 3 is 2.61 bits per heavy atom. The SMILES string of the molecule is CCOC(=O)c1n[nH]c2c1C(F)(F)CN(C(=O)OC(C)(C)C)C2. The topological polar surface area (TPSA) is 84.5 Å². The largest absolute Gasteiger partial charge is 0.461 e. The van der Waals surface area contributed by atoms with E-state index in [1.165, 1.54) is 0 Å². The second-order valence-electron chi connectivity index (χ2n) is 6.19. The van der Waals surface area contributed by atoms with Crippen LogP contribution in [0.4, 0.5) is 13.6 Å². The van der Waals surface area contributed by atoms with E-state index in [9.17, 15) is 18.4 Å². The number of nitrogens with zero attached hydrogens (tertiary/aromatic N) is 2. The number of nitrogens with one attached hydrogen (secondary N) is 1. The summed E-state index contributed by atoms with van der Waals surface area (Å²) in [5.41, 5.74) is -1.77. The van der Waals surface area contributed by atoms with Crippen LogP contribution in [-0.4, -0.2) is 45.9 Å². The number of aromatic nitrogens is 2. The molecule has 7 nitrogen and oxygen atoms in total. The number of alkyl halides is 2. The maximum absolute atomic E-state index is 14.4. The summed E-state index contributed by atoms with van der Waals surface area (Å²) in [4.78, 5) is 24.6. The minimum Gasteiger partial charge on any atom is -0.461 e. The van der Waals surface area contributed by atoms with Crippen molar-refractivity contribution in [2.45, 2.75) is 45.8 Å². The summed E-state index contributed by atoms with van der Waals surface area (Å²) in [7, 11) is 0. The third-order valence-electron chi connectivity index (χ3n) is 3.07. The number of fused-ring (bicyclic) bond motifs is 1. The Hall–Kier alpha value is -2.19. The fourth-order valence-electron chi connectivity index (χ4n) is 2.25. The van der Waals surface area contributed by atoms with E-state index in [1.54, 1.807) is 27.7 Å². The lowest BCUT2D eigenvalue weighted by molar-refractivity contribution is -0.0600. The maximum Gasteiger partial charge on any atom is 0.410 e. The number of carbonyl (C=O) groups excluding carboxylic acids is 2. The summed E-state index contributed by atoms with van der Waals surface area (Å²) >= 11 is 0. The maximum atomic E-state index is 14.4. The van der Waals surface area contributed by atoms with E-state index in [1.807, 2.05) is 0 Å². The molecule has 1 aliphatic heterocycles. The summed E-state index contributed by atoms with van der Waals surface area (Å²) in [6.07, 6.45) is -0.852. The molecular weight excluding hydrogens is 312 g/mol. The number of hydrogen-bond donors (Lipinski definition) is 1. The zero-order chi connectivity index (χ0) is 17.4. The van der Waals surface area contributed by atoms with Crippen molar-refractivity contribution in [1.29, 1.82) is 0 Å². The molecule has 1 aliphatic rings. The van der Waals surface area contributed by atoms with Crippen molar-refractivity contribution < 1.29 is 27.8 Å². The van der Waals surface area contributed by atoms with Crippen LogP contribution in [0.3, 0.4) is 0 Å². The van der Waals surface area contributed by atoms with Gasteiger partial charge in [-0.1, -0.05) is 0 Å². The van der Waals surface area contributed by atoms with Crippen LogP contribution < -0.4 is 0 Å². The van der Waals surface area contributed by atoms with E-state index in [4.69, 9.17) is 9.47 Å². The zero-order valence-electron chi connectivity index (χ0n) is 13.4. The van der Waals surface area contributed by atoms with Gasteiger partial charge >= 0.3 is 12.1 Å². The van der Waals surface area contributed by atoms with Crippen LogP contribution >= 0.6 is 0 Å². The molecular formula is C14H19F2N3O4. The lowest BCUT2D eigenvalue weighted by Crippen LogP contribution is -2.46. The lowest BCUT2D eigenvalue weighted by atomic mass is 10.0. The molecule has 0 unspecified atom stereocenters. The molecule has 1 amide bonds. The Balaban J connectivity index is 2.29. The molecule has 0 spiro atoms. The first-order valence-corrected chi connectivity index (χ1v) is 7.15. The van der Waals surface area contributed by atoms with Gasteiger partial charge in [-0.25, -0.2) is 9.59 Å². The predicted molar refractivity (Wildman–Crippen MR) is 75.1 cm³/mol. The second kappa shape index (κ2) is 5.78. The highest BCUT2D eigenvalue weighted by Gasteiger charge is 2.47. The number of H-pyrrole nitrogens is 1. The normalized spacial score (nSPS) is 16.7. The molecule has 0 fully saturated rings. The van der Waals surface area contributed by atoms with Gasteiger partial charge in [0.2, 0.25) is 0 Å². The number of amides is 1. The van der Waals surface area contributed by atoms with Gasteiger partial charge in [-0.05, 0) is 27.7 Å². The third kappa shape index (κ3) is 3.59. The second-order valence-corrected chi connectivity index (χ2v) is 6.19. The summed E-state index contributed by atoms with van der Waals surface area (Å²) in [6.45, 7) is 5.52. The van der Waals surface area contributed by atoms with Gasteiger partial charge in [-0.3, -0.25) is 10.00 Å². The van der Waals surface area contributed by atoms with Gasteiger partial charge in [-0.15, -0.1) is 0 Å². The molecule has 0 saturated heterocycles. The molecule has 0 atom stereocenters. The van der Waals surface area contributed by atoms with Crippen LogP contribution in [0.1, 0.15) is 49.4 Å². The Morgan fingerprint density at radius 2 is 2.04 bits per heavy atom. The number of halogens is 2. The average molecular weight is 331 g/mol. The van der Waals surface area contributed by atoms with Crippen molar-refractivity contribution in [3.63, 3.8) is 0 Å². The van der Waals surface area contributed by atoms with Gasteiger partial charge in [0.15, 0.2) is 5.69 Å². The minimum atomic E-state index is -3.43. The van der Waals surface area contributed by atoms with Crippen LogP contribution in [-0.2, 0) is 21.9 Å². The first-order chi connectivity index (χ1) is 10.5. The van der Waals surface area contributed by atoms with Gasteiger partial charge in [-0.2, -0.15) is 13.9 Å². The van der Waals surface area contributed by atoms with Crippen LogP contribution in [0.15, 0.2) is 0 Å². The summed E-state index contributed by atoms with van der Waals surface area (Å²) in [6, 6.07) is 0. The highest BCUT2D eigenvalue weighted by atomic mass is 19.3. The van der Waals surface area contributed by atoms with Crippen LogP contribution in [0, 0.1) is 0 Å². The summed E-state index contributed by atoms with van der Waals surface area (Å²) in [5, 5.41) is 6.01. The number of ether oxygens (including phenoxy) is 2. The molecule has 0 saturated carbocycles. The molecule has 1 aromatic heterocycles. The van der Waals surface area contributed by atoms with Crippen molar-refractivity contribution >= 4 is 12.1 Å². The van der Waals surface area contributed by atoms with Crippen LogP contribution in [0.2, 0.25) is 0 Å². The predicted octanol–water partition coefficient (Wildman–Crippen LogP) is 2.43. The molecule has 0 radical (unpaired) electrons. The Bertz CT molecular complexity index is 622. The third-order valence-corrected chi connectivity index (χ3v) is 3.07. The molecule has 2 rings (SSSR count). The van der Waals surface area contributed by atoms with Crippen molar-refractivity contribution in [2.24, 2.45) is 0 Å². The summed E-state index contributed by atoms with van der Waals surface area (Å²) in [5.74, 6) is -4.35. The molecule has 23 heavy (non-hydrogen) atoms. The van der Waals surface area contributed by atoms with Crippen molar-refractivity contribution in [3.8, 4) is 0 Å². The van der Waals surface area contributed by atoms with Gasteiger partial charge in [0, 0.05) is 0 Å². The van der Waals surface area contributed by atoms with Crippen molar-refractivity contribution in [1.82, 2.24) is 15.1 Å². The standard InChI is InChI=1S/C14H19F2N3O4/c1-5-22-11(20)10-9-8(17-18-10)6-19(7-14(9,15)16)12(21)23-13(2,3)4/h5-7H2,1-4H3,(H,17,18). The fourth-order valence-corrected chi connectivity index (χ4v) is 2.25. The quantitative estimate of drug-likeness (QED) is 0.841. The highest BCUT2D eigenvalue weighted by molar-refractivity contribution is 5.89. The minimum absolute atomic E-state index is 0.00448. The van der Waals surface area contributed by atoms with Gasteiger partial charge < -0.3 is 9.47 Å². The molecule has 2 heterocycles. The highest BCUT2D eigenvalue weighted by Crippen LogP contribution is 2.38. The van der Waals surface area contributed by atoms with E-state index in [0.29, 0.717) is 0 Å². The van der Waals surface area contributed by atoms with E-state index in [0.717, 1.165) is 4.90 Å². The number of hydrogen-bond acceptors (Lipinski definition) is 5. The molecule has 0 bridgehead atoms.